The predicted molar refractivity (Wildman–Crippen MR) is 127 cm³/mol. The van der Waals surface area contributed by atoms with Gasteiger partial charge in [0, 0.05) is 6.54 Å². The van der Waals surface area contributed by atoms with Crippen LogP contribution in [0, 0.1) is 0 Å². The van der Waals surface area contributed by atoms with Gasteiger partial charge < -0.3 is 14.4 Å². The number of aromatic nitrogens is 1. The molecule has 0 aliphatic rings. The lowest BCUT2D eigenvalue weighted by Gasteiger charge is -2.21. The molecule has 0 radical (unpaired) electrons. The van der Waals surface area contributed by atoms with E-state index in [2.05, 4.69) is 4.98 Å². The number of ether oxygens (including phenoxy) is 2. The number of fused-ring (bicyclic) bond motifs is 1. The molecule has 0 unspecified atom stereocenters. The third-order valence-electron chi connectivity index (χ3n) is 4.84. The summed E-state index contributed by atoms with van der Waals surface area (Å²) in [5.74, 6) is -0.00731. The number of methoxy groups -OCH3 is 2. The molecule has 0 aliphatic carbocycles. The van der Waals surface area contributed by atoms with E-state index in [4.69, 9.17) is 9.47 Å². The van der Waals surface area contributed by atoms with Crippen LogP contribution in [0.25, 0.3) is 10.2 Å². The molecular weight excluding hydrogens is 450 g/mol. The van der Waals surface area contributed by atoms with Gasteiger partial charge in [0.05, 0.1) is 23.8 Å². The Morgan fingerprint density at radius 3 is 2.38 bits per heavy atom. The summed E-state index contributed by atoms with van der Waals surface area (Å²) in [5.41, 5.74) is 0.651. The number of hydrogen-bond acceptors (Lipinski definition) is 8. The molecule has 3 rings (SSSR count). The van der Waals surface area contributed by atoms with Crippen LogP contribution in [-0.4, -0.2) is 71.4 Å². The molecule has 0 fully saturated rings. The first kappa shape index (κ1) is 24.0. The minimum absolute atomic E-state index is 0.0749. The largest absolute Gasteiger partial charge is 0.497 e. The Kier molecular flexibility index (Phi) is 7.70. The Bertz CT molecular complexity index is 1170. The topological polar surface area (TPSA) is 89.0 Å². The monoisotopic (exact) mass is 477 g/mol. The summed E-state index contributed by atoms with van der Waals surface area (Å²) in [6.07, 6.45) is 0.675. The van der Waals surface area contributed by atoms with Gasteiger partial charge in [0.25, 0.3) is 0 Å². The van der Waals surface area contributed by atoms with E-state index in [0.717, 1.165) is 11.2 Å². The third kappa shape index (κ3) is 5.56. The summed E-state index contributed by atoms with van der Waals surface area (Å²) in [4.78, 5) is 21.4. The van der Waals surface area contributed by atoms with Gasteiger partial charge in [-0.3, -0.25) is 9.69 Å². The van der Waals surface area contributed by atoms with Crippen LogP contribution >= 0.6 is 11.3 Å². The summed E-state index contributed by atoms with van der Waals surface area (Å²) in [7, 11) is 3.14. The van der Waals surface area contributed by atoms with Crippen molar-refractivity contribution >= 4 is 42.4 Å². The second-order valence-electron chi connectivity index (χ2n) is 7.44. The molecule has 8 nitrogen and oxygen atoms in total. The van der Waals surface area contributed by atoms with E-state index >= 15 is 0 Å². The molecule has 1 aromatic heterocycles. The number of hydrogen-bond donors (Lipinski definition) is 0. The molecule has 10 heteroatoms. The molecular formula is C22H27N3O5S2. The van der Waals surface area contributed by atoms with Gasteiger partial charge in [0.2, 0.25) is 5.91 Å². The molecule has 172 valence electrons. The molecule has 2 aromatic carbocycles. The van der Waals surface area contributed by atoms with Gasteiger partial charge in [0.1, 0.15) is 22.8 Å². The van der Waals surface area contributed by atoms with E-state index in [1.165, 1.54) is 35.5 Å². The lowest BCUT2D eigenvalue weighted by atomic mass is 10.3. The number of carbonyl (C=O) groups is 1. The number of rotatable bonds is 10. The van der Waals surface area contributed by atoms with Gasteiger partial charge in [-0.15, -0.1) is 0 Å². The number of thiazole rings is 1. The van der Waals surface area contributed by atoms with Crippen molar-refractivity contribution < 1.29 is 22.7 Å². The number of benzene rings is 2. The molecule has 1 amide bonds. The lowest BCUT2D eigenvalue weighted by Crippen LogP contribution is -2.37. The fourth-order valence-corrected chi connectivity index (χ4v) is 5.40. The number of nitrogens with zero attached hydrogens (tertiary/aromatic N) is 3. The number of anilines is 1. The van der Waals surface area contributed by atoms with E-state index in [1.807, 2.05) is 31.1 Å². The van der Waals surface area contributed by atoms with Crippen molar-refractivity contribution in [3.05, 3.63) is 42.5 Å². The SMILES string of the molecule is COc1ccc(S(=O)(=O)CC(=O)N(CCCN(C)C)c2nc3c(OC)cccc3s2)cc1. The maximum atomic E-state index is 13.2. The van der Waals surface area contributed by atoms with E-state index in [0.29, 0.717) is 35.1 Å². The highest BCUT2D eigenvalue weighted by atomic mass is 32.2. The van der Waals surface area contributed by atoms with Crippen molar-refractivity contribution in [3.63, 3.8) is 0 Å². The highest BCUT2D eigenvalue weighted by molar-refractivity contribution is 7.92. The highest BCUT2D eigenvalue weighted by Gasteiger charge is 2.27. The van der Waals surface area contributed by atoms with Crippen molar-refractivity contribution in [2.24, 2.45) is 0 Å². The maximum Gasteiger partial charge on any atom is 0.244 e. The van der Waals surface area contributed by atoms with Gasteiger partial charge in [-0.2, -0.15) is 0 Å². The number of amides is 1. The molecule has 0 aliphatic heterocycles. The van der Waals surface area contributed by atoms with Crippen LogP contribution in [0.1, 0.15) is 6.42 Å². The Morgan fingerprint density at radius 1 is 1.03 bits per heavy atom. The van der Waals surface area contributed by atoms with Gasteiger partial charge in [0.15, 0.2) is 15.0 Å². The molecule has 0 atom stereocenters. The standard InChI is InChI=1S/C22H27N3O5S2/c1-24(2)13-6-14-25(22-23-21-18(30-4)7-5-8-19(21)31-22)20(26)15-32(27,28)17-11-9-16(29-3)10-12-17/h5,7-12H,6,13-15H2,1-4H3. The first-order valence-electron chi connectivity index (χ1n) is 10.0. The normalized spacial score (nSPS) is 11.7. The van der Waals surface area contributed by atoms with Gasteiger partial charge >= 0.3 is 0 Å². The summed E-state index contributed by atoms with van der Waals surface area (Å²) in [5, 5.41) is 0.457. The highest BCUT2D eigenvalue weighted by Crippen LogP contribution is 2.34. The Labute approximate surface area is 192 Å². The minimum atomic E-state index is -3.83. The second kappa shape index (κ2) is 10.3. The second-order valence-corrected chi connectivity index (χ2v) is 10.4. The molecule has 0 saturated heterocycles. The number of sulfone groups is 1. The van der Waals surface area contributed by atoms with Crippen molar-refractivity contribution in [1.82, 2.24) is 9.88 Å². The summed E-state index contributed by atoms with van der Waals surface area (Å²) < 4.78 is 37.1. The van der Waals surface area contributed by atoms with Crippen LogP contribution in [0.2, 0.25) is 0 Å². The third-order valence-corrected chi connectivity index (χ3v) is 7.50. The maximum absolute atomic E-state index is 13.2. The van der Waals surface area contributed by atoms with Gasteiger partial charge in [-0.25, -0.2) is 13.4 Å². The summed E-state index contributed by atoms with van der Waals surface area (Å²) >= 11 is 1.34. The molecule has 32 heavy (non-hydrogen) atoms. The van der Waals surface area contributed by atoms with Crippen LogP contribution in [0.15, 0.2) is 47.4 Å². The zero-order valence-corrected chi connectivity index (χ0v) is 20.2. The van der Waals surface area contributed by atoms with Gasteiger partial charge in [-0.1, -0.05) is 17.4 Å². The van der Waals surface area contributed by atoms with Crippen molar-refractivity contribution in [1.29, 1.82) is 0 Å². The summed E-state index contributed by atoms with van der Waals surface area (Å²) in [6.45, 7) is 1.11. The van der Waals surface area contributed by atoms with Crippen LogP contribution < -0.4 is 14.4 Å². The predicted octanol–water partition coefficient (Wildman–Crippen LogP) is 3.07. The molecule has 0 N–H and O–H groups in total. The quantitative estimate of drug-likeness (QED) is 0.443. The molecule has 3 aromatic rings. The van der Waals surface area contributed by atoms with Crippen LogP contribution in [0.5, 0.6) is 11.5 Å². The molecule has 1 heterocycles. The molecule has 0 bridgehead atoms. The van der Waals surface area contributed by atoms with Crippen LogP contribution in [0.3, 0.4) is 0 Å². The van der Waals surface area contributed by atoms with E-state index in [-0.39, 0.29) is 4.90 Å². The van der Waals surface area contributed by atoms with Crippen molar-refractivity contribution in [2.45, 2.75) is 11.3 Å². The fourth-order valence-electron chi connectivity index (χ4n) is 3.17. The zero-order valence-electron chi connectivity index (χ0n) is 18.6. The van der Waals surface area contributed by atoms with Crippen molar-refractivity contribution in [2.75, 3.05) is 52.1 Å². The van der Waals surface area contributed by atoms with Crippen molar-refractivity contribution in [3.8, 4) is 11.5 Å². The smallest absolute Gasteiger partial charge is 0.244 e. The van der Waals surface area contributed by atoms with E-state index in [9.17, 15) is 13.2 Å². The molecule has 0 saturated carbocycles. The van der Waals surface area contributed by atoms with Crippen LogP contribution in [0.4, 0.5) is 5.13 Å². The zero-order chi connectivity index (χ0) is 23.3. The van der Waals surface area contributed by atoms with E-state index in [1.54, 1.807) is 25.3 Å². The Balaban J connectivity index is 1.89. The average molecular weight is 478 g/mol. The Morgan fingerprint density at radius 2 is 1.75 bits per heavy atom. The average Bonchev–Trinajstić information content (AvgIpc) is 3.20. The molecule has 0 spiro atoms. The first-order chi connectivity index (χ1) is 15.2. The fraction of sp³-hybridized carbons (Fsp3) is 0.364. The number of carbonyl (C=O) groups excluding carboxylic acids is 1. The Hall–Kier alpha value is -2.69. The minimum Gasteiger partial charge on any atom is -0.497 e. The van der Waals surface area contributed by atoms with Crippen LogP contribution in [-0.2, 0) is 14.6 Å². The first-order valence-corrected chi connectivity index (χ1v) is 12.5. The number of para-hydroxylation sites is 1. The van der Waals surface area contributed by atoms with E-state index < -0.39 is 21.5 Å². The lowest BCUT2D eigenvalue weighted by molar-refractivity contribution is -0.116. The van der Waals surface area contributed by atoms with Gasteiger partial charge in [-0.05, 0) is 63.5 Å². The summed E-state index contributed by atoms with van der Waals surface area (Å²) in [6, 6.07) is 11.6.